The Hall–Kier alpha value is -1.85. The summed E-state index contributed by atoms with van der Waals surface area (Å²) in [6.07, 6.45) is 2.30. The topological polar surface area (TPSA) is 95.1 Å². The van der Waals surface area contributed by atoms with Crippen LogP contribution in [0.3, 0.4) is 0 Å². The van der Waals surface area contributed by atoms with Crippen molar-refractivity contribution < 1.29 is 9.90 Å². The van der Waals surface area contributed by atoms with Crippen LogP contribution in [0.1, 0.15) is 45.9 Å². The van der Waals surface area contributed by atoms with Crippen LogP contribution >= 0.6 is 0 Å². The molecular formula is C14H23N3O3. The van der Waals surface area contributed by atoms with Gasteiger partial charge in [0.1, 0.15) is 11.6 Å². The van der Waals surface area contributed by atoms with Gasteiger partial charge in [-0.1, -0.05) is 20.8 Å². The monoisotopic (exact) mass is 281 g/mol. The summed E-state index contributed by atoms with van der Waals surface area (Å²) in [5.74, 6) is 0.458. The van der Waals surface area contributed by atoms with Gasteiger partial charge in [0.25, 0.3) is 5.56 Å². The van der Waals surface area contributed by atoms with Crippen LogP contribution in [0.15, 0.2) is 10.9 Å². The first kappa shape index (κ1) is 16.2. The van der Waals surface area contributed by atoms with Crippen molar-refractivity contribution in [2.24, 2.45) is 5.41 Å². The number of aromatic nitrogens is 2. The van der Waals surface area contributed by atoms with E-state index in [0.717, 1.165) is 6.42 Å². The lowest BCUT2D eigenvalue weighted by atomic mass is 9.84. The highest BCUT2D eigenvalue weighted by Crippen LogP contribution is 2.26. The average Bonchev–Trinajstić information content (AvgIpc) is 2.35. The Bertz CT molecular complexity index is 509. The molecule has 0 aliphatic carbocycles. The van der Waals surface area contributed by atoms with Crippen molar-refractivity contribution in [1.29, 1.82) is 0 Å². The van der Waals surface area contributed by atoms with Gasteiger partial charge in [-0.05, 0) is 18.3 Å². The zero-order valence-corrected chi connectivity index (χ0v) is 12.3. The van der Waals surface area contributed by atoms with Gasteiger partial charge in [0.15, 0.2) is 0 Å². The van der Waals surface area contributed by atoms with Crippen LogP contribution in [-0.4, -0.2) is 27.6 Å². The normalized spacial score (nSPS) is 11.3. The zero-order chi connectivity index (χ0) is 15.2. The van der Waals surface area contributed by atoms with Gasteiger partial charge in [-0.3, -0.25) is 9.59 Å². The minimum Gasteiger partial charge on any atom is -0.481 e. The molecule has 20 heavy (non-hydrogen) atoms. The Morgan fingerprint density at radius 1 is 1.45 bits per heavy atom. The standard InChI is InChI=1S/C14H23N3O3/c1-4-10-16-11(9-12(18)17-10)15-8-7-14(2,3)6-5-13(19)20/h9H,4-8H2,1-3H3,(H,19,20)(H2,15,16,17,18). The number of aromatic amines is 1. The molecule has 112 valence electrons. The Kier molecular flexibility index (Phi) is 5.73. The molecule has 0 amide bonds. The third-order valence-corrected chi connectivity index (χ3v) is 3.25. The number of rotatable bonds is 8. The Balaban J connectivity index is 2.49. The molecule has 0 saturated heterocycles. The summed E-state index contributed by atoms with van der Waals surface area (Å²) < 4.78 is 0. The van der Waals surface area contributed by atoms with Crippen LogP contribution in [0.4, 0.5) is 5.82 Å². The smallest absolute Gasteiger partial charge is 0.303 e. The van der Waals surface area contributed by atoms with E-state index in [1.807, 2.05) is 20.8 Å². The van der Waals surface area contributed by atoms with E-state index in [9.17, 15) is 9.59 Å². The molecule has 6 heteroatoms. The minimum atomic E-state index is -0.769. The number of anilines is 1. The molecule has 3 N–H and O–H groups in total. The molecule has 1 aromatic rings. The summed E-state index contributed by atoms with van der Waals surface area (Å²) in [6.45, 7) is 6.67. The van der Waals surface area contributed by atoms with E-state index in [-0.39, 0.29) is 17.4 Å². The van der Waals surface area contributed by atoms with Gasteiger partial charge in [0, 0.05) is 25.5 Å². The van der Waals surface area contributed by atoms with Crippen molar-refractivity contribution >= 4 is 11.8 Å². The first-order valence-corrected chi connectivity index (χ1v) is 6.88. The maximum atomic E-state index is 11.4. The summed E-state index contributed by atoms with van der Waals surface area (Å²) in [4.78, 5) is 28.9. The maximum absolute atomic E-state index is 11.4. The Morgan fingerprint density at radius 2 is 2.15 bits per heavy atom. The van der Waals surface area contributed by atoms with Gasteiger partial charge in [-0.15, -0.1) is 0 Å². The highest BCUT2D eigenvalue weighted by atomic mass is 16.4. The molecule has 0 fully saturated rings. The number of hydrogen-bond donors (Lipinski definition) is 3. The molecule has 1 aromatic heterocycles. The van der Waals surface area contributed by atoms with Crippen LogP contribution in [0.2, 0.25) is 0 Å². The van der Waals surface area contributed by atoms with Gasteiger partial charge in [0.05, 0.1) is 0 Å². The molecule has 0 atom stereocenters. The summed E-state index contributed by atoms with van der Waals surface area (Å²) >= 11 is 0. The number of aryl methyl sites for hydroxylation is 1. The third-order valence-electron chi connectivity index (χ3n) is 3.25. The van der Waals surface area contributed by atoms with Crippen LogP contribution in [0.5, 0.6) is 0 Å². The fourth-order valence-electron chi connectivity index (χ4n) is 1.87. The molecule has 0 radical (unpaired) electrons. The molecule has 0 aliphatic heterocycles. The predicted octanol–water partition coefficient (Wildman–Crippen LogP) is 2.03. The van der Waals surface area contributed by atoms with Crippen LogP contribution in [0.25, 0.3) is 0 Å². The second-order valence-corrected chi connectivity index (χ2v) is 5.67. The molecular weight excluding hydrogens is 258 g/mol. The highest BCUT2D eigenvalue weighted by Gasteiger charge is 2.18. The van der Waals surface area contributed by atoms with Crippen LogP contribution in [-0.2, 0) is 11.2 Å². The molecule has 0 aliphatic rings. The number of carboxylic acids is 1. The lowest BCUT2D eigenvalue weighted by Crippen LogP contribution is -2.20. The average molecular weight is 281 g/mol. The minimum absolute atomic E-state index is 0.0554. The number of nitrogens with one attached hydrogen (secondary N) is 2. The lowest BCUT2D eigenvalue weighted by Gasteiger charge is -2.23. The molecule has 6 nitrogen and oxygen atoms in total. The van der Waals surface area contributed by atoms with Crippen molar-refractivity contribution in [1.82, 2.24) is 9.97 Å². The van der Waals surface area contributed by atoms with Gasteiger partial charge in [0.2, 0.25) is 0 Å². The Labute approximate surface area is 118 Å². The Morgan fingerprint density at radius 3 is 2.75 bits per heavy atom. The number of aliphatic carboxylic acids is 1. The molecule has 1 rings (SSSR count). The van der Waals surface area contributed by atoms with Crippen molar-refractivity contribution in [3.63, 3.8) is 0 Å². The summed E-state index contributed by atoms with van der Waals surface area (Å²) in [5, 5.41) is 11.8. The van der Waals surface area contributed by atoms with Crippen molar-refractivity contribution in [2.45, 2.75) is 46.5 Å². The van der Waals surface area contributed by atoms with Gasteiger partial charge in [-0.25, -0.2) is 4.98 Å². The molecule has 0 aromatic carbocycles. The van der Waals surface area contributed by atoms with Crippen LogP contribution < -0.4 is 10.9 Å². The SMILES string of the molecule is CCc1nc(NCCC(C)(C)CCC(=O)O)cc(=O)[nH]1. The predicted molar refractivity (Wildman–Crippen MR) is 78.0 cm³/mol. The lowest BCUT2D eigenvalue weighted by molar-refractivity contribution is -0.137. The summed E-state index contributed by atoms with van der Waals surface area (Å²) in [6, 6.07) is 1.43. The highest BCUT2D eigenvalue weighted by molar-refractivity contribution is 5.66. The van der Waals surface area contributed by atoms with Crippen molar-refractivity contribution in [3.05, 3.63) is 22.2 Å². The molecule has 0 saturated carbocycles. The molecule has 0 bridgehead atoms. The van der Waals surface area contributed by atoms with E-state index in [4.69, 9.17) is 5.11 Å². The van der Waals surface area contributed by atoms with Gasteiger partial charge in [-0.2, -0.15) is 0 Å². The van der Waals surface area contributed by atoms with Crippen molar-refractivity contribution in [3.8, 4) is 0 Å². The molecule has 1 heterocycles. The quantitative estimate of drug-likeness (QED) is 0.677. The fourth-order valence-corrected chi connectivity index (χ4v) is 1.87. The number of carboxylic acid groups (broad SMARTS) is 1. The zero-order valence-electron chi connectivity index (χ0n) is 12.3. The van der Waals surface area contributed by atoms with Crippen molar-refractivity contribution in [2.75, 3.05) is 11.9 Å². The number of hydrogen-bond acceptors (Lipinski definition) is 4. The van der Waals surface area contributed by atoms with E-state index in [0.29, 0.717) is 31.0 Å². The number of H-pyrrole nitrogens is 1. The second-order valence-electron chi connectivity index (χ2n) is 5.67. The third kappa shape index (κ3) is 5.86. The van der Waals surface area contributed by atoms with E-state index in [2.05, 4.69) is 15.3 Å². The molecule has 0 spiro atoms. The second kappa shape index (κ2) is 7.07. The first-order chi connectivity index (χ1) is 9.32. The number of nitrogens with zero attached hydrogens (tertiary/aromatic N) is 1. The van der Waals surface area contributed by atoms with Crippen LogP contribution in [0, 0.1) is 5.41 Å². The van der Waals surface area contributed by atoms with E-state index in [1.54, 1.807) is 0 Å². The maximum Gasteiger partial charge on any atom is 0.303 e. The largest absolute Gasteiger partial charge is 0.481 e. The fraction of sp³-hybridized carbons (Fsp3) is 0.643. The summed E-state index contributed by atoms with van der Waals surface area (Å²) in [7, 11) is 0. The first-order valence-electron chi connectivity index (χ1n) is 6.88. The van der Waals surface area contributed by atoms with E-state index >= 15 is 0 Å². The van der Waals surface area contributed by atoms with Gasteiger partial charge >= 0.3 is 5.97 Å². The summed E-state index contributed by atoms with van der Waals surface area (Å²) in [5.41, 5.74) is -0.218. The van der Waals surface area contributed by atoms with Gasteiger partial charge < -0.3 is 15.4 Å². The van der Waals surface area contributed by atoms with E-state index in [1.165, 1.54) is 6.07 Å². The number of carbonyl (C=O) groups is 1. The molecule has 0 unspecified atom stereocenters. The van der Waals surface area contributed by atoms with E-state index < -0.39 is 5.97 Å².